The van der Waals surface area contributed by atoms with Crippen molar-refractivity contribution in [1.82, 2.24) is 4.57 Å². The van der Waals surface area contributed by atoms with Gasteiger partial charge in [0.1, 0.15) is 5.60 Å². The molecular formula is C14H16BrNO2. The third-order valence-electron chi connectivity index (χ3n) is 2.59. The number of rotatable bonds is 0. The third kappa shape index (κ3) is 2.43. The molecule has 0 unspecified atom stereocenters. The van der Waals surface area contributed by atoms with Crippen molar-refractivity contribution >= 4 is 32.9 Å². The Morgan fingerprint density at radius 2 is 1.94 bits per heavy atom. The van der Waals surface area contributed by atoms with Crippen LogP contribution in [0.25, 0.3) is 10.9 Å². The predicted octanol–water partition coefficient (Wildman–Crippen LogP) is 4.50. The molecule has 0 atom stereocenters. The van der Waals surface area contributed by atoms with E-state index in [0.717, 1.165) is 20.9 Å². The van der Waals surface area contributed by atoms with Crippen molar-refractivity contribution in [3.05, 3.63) is 34.4 Å². The monoisotopic (exact) mass is 309 g/mol. The van der Waals surface area contributed by atoms with Gasteiger partial charge in [0.15, 0.2) is 0 Å². The van der Waals surface area contributed by atoms with E-state index in [1.807, 2.05) is 45.9 Å². The first-order valence-corrected chi connectivity index (χ1v) is 6.58. The summed E-state index contributed by atoms with van der Waals surface area (Å²) >= 11 is 3.49. The van der Waals surface area contributed by atoms with Crippen LogP contribution in [-0.4, -0.2) is 16.3 Å². The Morgan fingerprint density at radius 3 is 2.56 bits per heavy atom. The van der Waals surface area contributed by atoms with E-state index in [1.165, 1.54) is 0 Å². The fourth-order valence-corrected chi connectivity index (χ4v) is 2.31. The van der Waals surface area contributed by atoms with Crippen LogP contribution in [0.2, 0.25) is 0 Å². The lowest BCUT2D eigenvalue weighted by atomic mass is 10.2. The smallest absolute Gasteiger partial charge is 0.419 e. The van der Waals surface area contributed by atoms with Crippen LogP contribution in [0.4, 0.5) is 4.79 Å². The van der Waals surface area contributed by atoms with Gasteiger partial charge in [-0.25, -0.2) is 4.79 Å². The SMILES string of the molecule is Cc1ccc(Br)c2ccn(C(=O)OC(C)(C)C)c12. The lowest BCUT2D eigenvalue weighted by molar-refractivity contribution is 0.0544. The number of hydrogen-bond donors (Lipinski definition) is 0. The Labute approximate surface area is 115 Å². The average molecular weight is 310 g/mol. The molecule has 0 aliphatic heterocycles. The second kappa shape index (κ2) is 4.43. The van der Waals surface area contributed by atoms with Gasteiger partial charge in [-0.15, -0.1) is 0 Å². The average Bonchev–Trinajstić information content (AvgIpc) is 2.66. The molecule has 0 N–H and O–H groups in total. The summed E-state index contributed by atoms with van der Waals surface area (Å²) in [6, 6.07) is 5.88. The molecule has 96 valence electrons. The fourth-order valence-electron chi connectivity index (χ4n) is 1.86. The highest BCUT2D eigenvalue weighted by Crippen LogP contribution is 2.28. The number of fused-ring (bicyclic) bond motifs is 1. The zero-order chi connectivity index (χ0) is 13.5. The van der Waals surface area contributed by atoms with Crippen molar-refractivity contribution in [3.63, 3.8) is 0 Å². The van der Waals surface area contributed by atoms with Crippen molar-refractivity contribution in [1.29, 1.82) is 0 Å². The van der Waals surface area contributed by atoms with Crippen molar-refractivity contribution in [2.24, 2.45) is 0 Å². The molecule has 1 aromatic heterocycles. The normalized spacial score (nSPS) is 11.8. The first-order chi connectivity index (χ1) is 8.29. The molecule has 1 aromatic carbocycles. The van der Waals surface area contributed by atoms with Crippen LogP contribution in [0.3, 0.4) is 0 Å². The number of carbonyl (C=O) groups excluding carboxylic acids is 1. The Hall–Kier alpha value is -1.29. The van der Waals surface area contributed by atoms with Gasteiger partial charge in [0, 0.05) is 16.1 Å². The summed E-state index contributed by atoms with van der Waals surface area (Å²) in [7, 11) is 0. The molecule has 0 fully saturated rings. The van der Waals surface area contributed by atoms with E-state index in [9.17, 15) is 4.79 Å². The third-order valence-corrected chi connectivity index (χ3v) is 3.28. The topological polar surface area (TPSA) is 31.2 Å². The van der Waals surface area contributed by atoms with Crippen LogP contribution >= 0.6 is 15.9 Å². The maximum Gasteiger partial charge on any atom is 0.419 e. The van der Waals surface area contributed by atoms with Crippen molar-refractivity contribution < 1.29 is 9.53 Å². The summed E-state index contributed by atoms with van der Waals surface area (Å²) in [6.45, 7) is 7.56. The van der Waals surface area contributed by atoms with Gasteiger partial charge in [0.2, 0.25) is 0 Å². The molecule has 3 nitrogen and oxygen atoms in total. The van der Waals surface area contributed by atoms with E-state index < -0.39 is 5.60 Å². The van der Waals surface area contributed by atoms with E-state index in [4.69, 9.17) is 4.74 Å². The van der Waals surface area contributed by atoms with Gasteiger partial charge >= 0.3 is 6.09 Å². The molecule has 18 heavy (non-hydrogen) atoms. The van der Waals surface area contributed by atoms with Crippen LogP contribution in [-0.2, 0) is 4.74 Å². The fraction of sp³-hybridized carbons (Fsp3) is 0.357. The number of aromatic nitrogens is 1. The molecule has 0 saturated carbocycles. The molecule has 0 amide bonds. The first kappa shape index (κ1) is 13.1. The van der Waals surface area contributed by atoms with Crippen molar-refractivity contribution in [2.45, 2.75) is 33.3 Å². The number of aryl methyl sites for hydroxylation is 1. The zero-order valence-electron chi connectivity index (χ0n) is 11.0. The van der Waals surface area contributed by atoms with Gasteiger partial charge in [-0.2, -0.15) is 0 Å². The maximum atomic E-state index is 12.1. The summed E-state index contributed by atoms with van der Waals surface area (Å²) in [4.78, 5) is 12.1. The number of carbonyl (C=O) groups is 1. The highest BCUT2D eigenvalue weighted by molar-refractivity contribution is 9.10. The minimum absolute atomic E-state index is 0.348. The quantitative estimate of drug-likeness (QED) is 0.717. The van der Waals surface area contributed by atoms with Crippen molar-refractivity contribution in [3.8, 4) is 0 Å². The highest BCUT2D eigenvalue weighted by Gasteiger charge is 2.20. The van der Waals surface area contributed by atoms with Gasteiger partial charge in [-0.05, 0) is 45.4 Å². The summed E-state index contributed by atoms with van der Waals surface area (Å²) in [5.41, 5.74) is 1.44. The minimum atomic E-state index is -0.492. The summed E-state index contributed by atoms with van der Waals surface area (Å²) in [5.74, 6) is 0. The molecule has 0 saturated heterocycles. The molecule has 0 aliphatic carbocycles. The molecule has 2 rings (SSSR count). The van der Waals surface area contributed by atoms with Gasteiger partial charge in [0.25, 0.3) is 0 Å². The number of hydrogen-bond acceptors (Lipinski definition) is 2. The van der Waals surface area contributed by atoms with Crippen molar-refractivity contribution in [2.75, 3.05) is 0 Å². The Balaban J connectivity index is 2.53. The summed E-state index contributed by atoms with van der Waals surface area (Å²) < 4.78 is 7.93. The van der Waals surface area contributed by atoms with Gasteiger partial charge in [0.05, 0.1) is 5.52 Å². The van der Waals surface area contributed by atoms with E-state index in [-0.39, 0.29) is 6.09 Å². The summed E-state index contributed by atoms with van der Waals surface area (Å²) in [6.07, 6.45) is 1.40. The molecule has 4 heteroatoms. The van der Waals surface area contributed by atoms with Crippen LogP contribution < -0.4 is 0 Å². The van der Waals surface area contributed by atoms with Gasteiger partial charge in [-0.3, -0.25) is 4.57 Å². The number of nitrogens with zero attached hydrogens (tertiary/aromatic N) is 1. The van der Waals surface area contributed by atoms with Gasteiger partial charge in [-0.1, -0.05) is 22.0 Å². The molecular weight excluding hydrogens is 294 g/mol. The maximum absolute atomic E-state index is 12.1. The largest absolute Gasteiger partial charge is 0.443 e. The number of ether oxygens (including phenoxy) is 1. The second-order valence-corrected chi connectivity index (χ2v) is 6.15. The van der Waals surface area contributed by atoms with Crippen LogP contribution in [0.5, 0.6) is 0 Å². The molecule has 0 radical (unpaired) electrons. The molecule has 0 bridgehead atoms. The van der Waals surface area contributed by atoms with E-state index in [2.05, 4.69) is 15.9 Å². The van der Waals surface area contributed by atoms with Gasteiger partial charge < -0.3 is 4.74 Å². The molecule has 1 heterocycles. The van der Waals surface area contributed by atoms with E-state index >= 15 is 0 Å². The number of benzene rings is 1. The Morgan fingerprint density at radius 1 is 1.28 bits per heavy atom. The standard InChI is InChI=1S/C14H16BrNO2/c1-9-5-6-11(15)10-7-8-16(12(9)10)13(17)18-14(2,3)4/h5-8H,1-4H3. The minimum Gasteiger partial charge on any atom is -0.443 e. The molecule has 2 aromatic rings. The van der Waals surface area contributed by atoms with Crippen LogP contribution in [0.1, 0.15) is 26.3 Å². The lowest BCUT2D eigenvalue weighted by Gasteiger charge is -2.20. The molecule has 0 spiro atoms. The Kier molecular flexibility index (Phi) is 3.23. The van der Waals surface area contributed by atoms with Crippen LogP contribution in [0.15, 0.2) is 28.9 Å². The number of halogens is 1. The second-order valence-electron chi connectivity index (χ2n) is 5.29. The predicted molar refractivity (Wildman–Crippen MR) is 76.0 cm³/mol. The first-order valence-electron chi connectivity index (χ1n) is 5.79. The summed E-state index contributed by atoms with van der Waals surface area (Å²) in [5, 5.41) is 1.01. The van der Waals surface area contributed by atoms with E-state index in [0.29, 0.717) is 0 Å². The van der Waals surface area contributed by atoms with E-state index in [1.54, 1.807) is 10.8 Å². The zero-order valence-corrected chi connectivity index (χ0v) is 12.5. The molecule has 0 aliphatic rings. The van der Waals surface area contributed by atoms with Crippen LogP contribution in [0, 0.1) is 6.92 Å². The Bertz CT molecular complexity index is 608. The lowest BCUT2D eigenvalue weighted by Crippen LogP contribution is -2.26. The highest BCUT2D eigenvalue weighted by atomic mass is 79.9.